The van der Waals surface area contributed by atoms with Crippen LogP contribution in [0.4, 0.5) is 0 Å². The van der Waals surface area contributed by atoms with E-state index in [2.05, 4.69) is 0 Å². The van der Waals surface area contributed by atoms with E-state index in [9.17, 15) is 9.59 Å². The first-order valence-electron chi connectivity index (χ1n) is 7.36. The van der Waals surface area contributed by atoms with Crippen LogP contribution in [-0.4, -0.2) is 11.8 Å². The van der Waals surface area contributed by atoms with Gasteiger partial charge < -0.3 is 4.74 Å². The van der Waals surface area contributed by atoms with Crippen molar-refractivity contribution in [2.24, 2.45) is 0 Å². The maximum absolute atomic E-state index is 12.0. The standard InChI is InChI=1S/C20H16O3/c1-13-3-7-17(8-4-13)19-12-18(20(22)23-19)11-15-5-9-16(10-6-15)14(2)21/h3-12H,1-2H3/b18-11+. The van der Waals surface area contributed by atoms with Crippen molar-refractivity contribution in [3.63, 3.8) is 0 Å². The maximum Gasteiger partial charge on any atom is 0.343 e. The molecule has 0 spiro atoms. The van der Waals surface area contributed by atoms with Crippen LogP contribution in [-0.2, 0) is 9.53 Å². The topological polar surface area (TPSA) is 43.4 Å². The van der Waals surface area contributed by atoms with Crippen molar-refractivity contribution in [2.45, 2.75) is 13.8 Å². The summed E-state index contributed by atoms with van der Waals surface area (Å²) in [6, 6.07) is 14.9. The second kappa shape index (κ2) is 6.05. The Kier molecular flexibility index (Phi) is 3.94. The van der Waals surface area contributed by atoms with Crippen LogP contribution in [0.1, 0.15) is 34.0 Å². The van der Waals surface area contributed by atoms with Crippen LogP contribution in [0.15, 0.2) is 60.2 Å². The Hall–Kier alpha value is -2.94. The highest BCUT2D eigenvalue weighted by atomic mass is 16.5. The molecule has 1 aliphatic rings. The average molecular weight is 304 g/mol. The van der Waals surface area contributed by atoms with Gasteiger partial charge in [0.05, 0.1) is 5.57 Å². The van der Waals surface area contributed by atoms with Gasteiger partial charge >= 0.3 is 5.97 Å². The summed E-state index contributed by atoms with van der Waals surface area (Å²) in [5.74, 6) is 0.212. The van der Waals surface area contributed by atoms with E-state index < -0.39 is 0 Å². The molecule has 0 saturated carbocycles. The Labute approximate surface area is 134 Å². The summed E-state index contributed by atoms with van der Waals surface area (Å²) < 4.78 is 5.33. The van der Waals surface area contributed by atoms with Gasteiger partial charge in [-0.3, -0.25) is 4.79 Å². The molecule has 23 heavy (non-hydrogen) atoms. The average Bonchev–Trinajstić information content (AvgIpc) is 2.89. The van der Waals surface area contributed by atoms with Gasteiger partial charge in [0.1, 0.15) is 5.76 Å². The van der Waals surface area contributed by atoms with E-state index in [0.29, 0.717) is 16.9 Å². The fourth-order valence-electron chi connectivity index (χ4n) is 2.34. The van der Waals surface area contributed by atoms with Crippen LogP contribution < -0.4 is 0 Å². The zero-order valence-corrected chi connectivity index (χ0v) is 13.0. The highest BCUT2D eigenvalue weighted by Gasteiger charge is 2.21. The first kappa shape index (κ1) is 15.0. The quantitative estimate of drug-likeness (QED) is 0.485. The Morgan fingerprint density at radius 3 is 2.26 bits per heavy atom. The Balaban J connectivity index is 1.88. The molecule has 1 aliphatic heterocycles. The van der Waals surface area contributed by atoms with Crippen LogP contribution in [0, 0.1) is 6.92 Å². The minimum Gasteiger partial charge on any atom is -0.422 e. The molecule has 1 heterocycles. The largest absolute Gasteiger partial charge is 0.422 e. The third-order valence-corrected chi connectivity index (χ3v) is 3.70. The number of benzene rings is 2. The van der Waals surface area contributed by atoms with E-state index in [1.54, 1.807) is 24.3 Å². The Morgan fingerprint density at radius 1 is 1.00 bits per heavy atom. The first-order valence-corrected chi connectivity index (χ1v) is 7.36. The molecule has 3 nitrogen and oxygen atoms in total. The van der Waals surface area contributed by atoms with E-state index >= 15 is 0 Å². The Bertz CT molecular complexity index is 822. The van der Waals surface area contributed by atoms with Crippen LogP contribution >= 0.6 is 0 Å². The van der Waals surface area contributed by atoms with Crippen molar-refractivity contribution in [3.8, 4) is 0 Å². The van der Waals surface area contributed by atoms with Crippen molar-refractivity contribution in [3.05, 3.63) is 82.4 Å². The number of cyclic esters (lactones) is 1. The molecule has 0 unspecified atom stereocenters. The van der Waals surface area contributed by atoms with E-state index in [-0.39, 0.29) is 11.8 Å². The summed E-state index contributed by atoms with van der Waals surface area (Å²) in [4.78, 5) is 23.3. The molecule has 0 N–H and O–H groups in total. The van der Waals surface area contributed by atoms with Gasteiger partial charge in [0, 0.05) is 11.1 Å². The number of rotatable bonds is 3. The zero-order chi connectivity index (χ0) is 16.4. The van der Waals surface area contributed by atoms with E-state index in [4.69, 9.17) is 4.74 Å². The molecular weight excluding hydrogens is 288 g/mol. The maximum atomic E-state index is 12.0. The van der Waals surface area contributed by atoms with Crippen molar-refractivity contribution in [1.82, 2.24) is 0 Å². The van der Waals surface area contributed by atoms with Crippen LogP contribution in [0.5, 0.6) is 0 Å². The SMILES string of the molecule is CC(=O)c1ccc(/C=C2\C=C(c3ccc(C)cc3)OC2=O)cc1. The number of esters is 1. The van der Waals surface area contributed by atoms with E-state index in [1.807, 2.05) is 43.3 Å². The molecule has 0 bridgehead atoms. The minimum atomic E-state index is -0.365. The van der Waals surface area contributed by atoms with Gasteiger partial charge in [-0.2, -0.15) is 0 Å². The number of ketones is 1. The number of hydrogen-bond acceptors (Lipinski definition) is 3. The highest BCUT2D eigenvalue weighted by Crippen LogP contribution is 2.27. The normalized spacial score (nSPS) is 15.5. The number of aryl methyl sites for hydroxylation is 1. The van der Waals surface area contributed by atoms with Gasteiger partial charge in [-0.15, -0.1) is 0 Å². The molecule has 0 aliphatic carbocycles. The van der Waals surface area contributed by atoms with E-state index in [1.165, 1.54) is 6.92 Å². The zero-order valence-electron chi connectivity index (χ0n) is 13.0. The summed E-state index contributed by atoms with van der Waals surface area (Å²) >= 11 is 0. The number of ether oxygens (including phenoxy) is 1. The molecule has 2 aromatic rings. The lowest BCUT2D eigenvalue weighted by Crippen LogP contribution is -1.97. The van der Waals surface area contributed by atoms with Crippen LogP contribution in [0.3, 0.4) is 0 Å². The molecule has 3 rings (SSSR count). The van der Waals surface area contributed by atoms with Gasteiger partial charge in [0.2, 0.25) is 0 Å². The molecule has 0 amide bonds. The number of Topliss-reactive ketones (excluding diaryl/α,β-unsaturated/α-hetero) is 1. The summed E-state index contributed by atoms with van der Waals surface area (Å²) in [6.07, 6.45) is 3.50. The van der Waals surface area contributed by atoms with Crippen molar-refractivity contribution in [2.75, 3.05) is 0 Å². The first-order chi connectivity index (χ1) is 11.0. The molecule has 0 fully saturated rings. The summed E-state index contributed by atoms with van der Waals surface area (Å²) in [6.45, 7) is 3.53. The number of hydrogen-bond donors (Lipinski definition) is 0. The summed E-state index contributed by atoms with van der Waals surface area (Å²) in [7, 11) is 0. The third-order valence-electron chi connectivity index (χ3n) is 3.70. The molecule has 0 atom stereocenters. The predicted octanol–water partition coefficient (Wildman–Crippen LogP) is 4.18. The fourth-order valence-corrected chi connectivity index (χ4v) is 2.34. The summed E-state index contributed by atoms with van der Waals surface area (Å²) in [5.41, 5.74) is 4.02. The predicted molar refractivity (Wildman–Crippen MR) is 89.7 cm³/mol. The van der Waals surface area contributed by atoms with Crippen molar-refractivity contribution < 1.29 is 14.3 Å². The van der Waals surface area contributed by atoms with Crippen LogP contribution in [0.2, 0.25) is 0 Å². The number of carbonyl (C=O) groups excluding carboxylic acids is 2. The summed E-state index contributed by atoms with van der Waals surface area (Å²) in [5, 5.41) is 0. The molecule has 0 aromatic heterocycles. The fraction of sp³-hybridized carbons (Fsp3) is 0.100. The second-order valence-electron chi connectivity index (χ2n) is 5.54. The molecule has 0 radical (unpaired) electrons. The lowest BCUT2D eigenvalue weighted by atomic mass is 10.1. The minimum absolute atomic E-state index is 0.0195. The molecular formula is C20H16O3. The van der Waals surface area contributed by atoms with Crippen LogP contribution in [0.25, 0.3) is 11.8 Å². The van der Waals surface area contributed by atoms with Gasteiger partial charge in [-0.1, -0.05) is 54.1 Å². The van der Waals surface area contributed by atoms with Gasteiger partial charge in [-0.05, 0) is 31.6 Å². The third kappa shape index (κ3) is 3.29. The van der Waals surface area contributed by atoms with Crippen molar-refractivity contribution in [1.29, 1.82) is 0 Å². The monoisotopic (exact) mass is 304 g/mol. The highest BCUT2D eigenvalue weighted by molar-refractivity contribution is 6.05. The molecule has 2 aromatic carbocycles. The molecule has 0 saturated heterocycles. The Morgan fingerprint density at radius 2 is 1.65 bits per heavy atom. The smallest absolute Gasteiger partial charge is 0.343 e. The number of carbonyl (C=O) groups is 2. The van der Waals surface area contributed by atoms with Gasteiger partial charge in [-0.25, -0.2) is 4.79 Å². The van der Waals surface area contributed by atoms with Gasteiger partial charge in [0.15, 0.2) is 5.78 Å². The molecule has 114 valence electrons. The van der Waals surface area contributed by atoms with Gasteiger partial charge in [0.25, 0.3) is 0 Å². The van der Waals surface area contributed by atoms with E-state index in [0.717, 1.165) is 16.7 Å². The van der Waals surface area contributed by atoms with Crippen molar-refractivity contribution >= 4 is 23.6 Å². The second-order valence-corrected chi connectivity index (χ2v) is 5.54. The lowest BCUT2D eigenvalue weighted by Gasteiger charge is -2.01. The lowest BCUT2D eigenvalue weighted by molar-refractivity contribution is -0.130. The molecule has 3 heteroatoms.